The lowest BCUT2D eigenvalue weighted by atomic mass is 9.97. The lowest BCUT2D eigenvalue weighted by Gasteiger charge is -2.08. The van der Waals surface area contributed by atoms with Gasteiger partial charge in [0.15, 0.2) is 11.0 Å². The Morgan fingerprint density at radius 1 is 1.22 bits per heavy atom. The summed E-state index contributed by atoms with van der Waals surface area (Å²) in [7, 11) is 0. The molecular formula is C18H16N4O4S. The van der Waals surface area contributed by atoms with Gasteiger partial charge in [-0.1, -0.05) is 17.8 Å². The van der Waals surface area contributed by atoms with E-state index in [2.05, 4.69) is 15.2 Å². The number of carbonyl (C=O) groups is 1. The number of thioether (sulfide) groups is 1. The monoisotopic (exact) mass is 384 g/mol. The number of non-ortho nitro benzene ring substituents is 1. The van der Waals surface area contributed by atoms with Crippen LogP contribution in [-0.4, -0.2) is 36.7 Å². The summed E-state index contributed by atoms with van der Waals surface area (Å²) in [4.78, 5) is 25.0. The molecule has 3 rings (SSSR count). The zero-order valence-corrected chi connectivity index (χ0v) is 15.4. The number of nitrogens with one attached hydrogen (secondary N) is 1. The molecule has 0 unspecified atom stereocenters. The number of hydrogen-bond acceptors (Lipinski definition) is 7. The fourth-order valence-electron chi connectivity index (χ4n) is 2.59. The van der Waals surface area contributed by atoms with Gasteiger partial charge in [0.25, 0.3) is 5.69 Å². The van der Waals surface area contributed by atoms with Crippen molar-refractivity contribution in [2.24, 2.45) is 0 Å². The standard InChI is InChI=1S/C18H16N4O4S/c1-10-5-15(24)3-4-16(10)12-6-13(8-14(7-12)22(25)26)17-19-18(21-20-17)27-9-11(2)23/h3-8,24H,9H2,1-2H3,(H,19,20,21). The highest BCUT2D eigenvalue weighted by Crippen LogP contribution is 2.33. The second-order valence-electron chi connectivity index (χ2n) is 5.99. The van der Waals surface area contributed by atoms with Crippen LogP contribution in [0, 0.1) is 17.0 Å². The minimum Gasteiger partial charge on any atom is -0.508 e. The number of aromatic amines is 1. The van der Waals surface area contributed by atoms with Crippen LogP contribution >= 0.6 is 11.8 Å². The minimum absolute atomic E-state index is 0.0124. The van der Waals surface area contributed by atoms with Gasteiger partial charge in [-0.25, -0.2) is 0 Å². The molecule has 0 spiro atoms. The normalized spacial score (nSPS) is 10.7. The summed E-state index contributed by atoms with van der Waals surface area (Å²) in [6.45, 7) is 3.30. The van der Waals surface area contributed by atoms with Gasteiger partial charge >= 0.3 is 0 Å². The molecule has 0 fully saturated rings. The number of carbonyl (C=O) groups excluding carboxylic acids is 1. The van der Waals surface area contributed by atoms with Crippen LogP contribution in [0.15, 0.2) is 41.6 Å². The quantitative estimate of drug-likeness (QED) is 0.377. The first-order valence-corrected chi connectivity index (χ1v) is 8.97. The van der Waals surface area contributed by atoms with Crippen molar-refractivity contribution in [2.75, 3.05) is 5.75 Å². The maximum absolute atomic E-state index is 11.4. The molecule has 0 bridgehead atoms. The smallest absolute Gasteiger partial charge is 0.270 e. The van der Waals surface area contributed by atoms with Gasteiger partial charge in [0.05, 0.1) is 10.7 Å². The summed E-state index contributed by atoms with van der Waals surface area (Å²) < 4.78 is 0. The number of nitro groups is 1. The molecule has 0 aliphatic rings. The summed E-state index contributed by atoms with van der Waals surface area (Å²) in [6.07, 6.45) is 0. The summed E-state index contributed by atoms with van der Waals surface area (Å²) in [5.74, 6) is 0.784. The Kier molecular flexibility index (Phi) is 5.22. The molecule has 8 nitrogen and oxygen atoms in total. The van der Waals surface area contributed by atoms with Crippen LogP contribution in [0.4, 0.5) is 5.69 Å². The highest BCUT2D eigenvalue weighted by atomic mass is 32.2. The largest absolute Gasteiger partial charge is 0.508 e. The first-order valence-electron chi connectivity index (χ1n) is 7.98. The van der Waals surface area contributed by atoms with Gasteiger partial charge in [-0.15, -0.1) is 10.2 Å². The van der Waals surface area contributed by atoms with E-state index < -0.39 is 4.92 Å². The molecule has 3 aromatic rings. The highest BCUT2D eigenvalue weighted by Gasteiger charge is 2.16. The molecule has 1 heterocycles. The number of benzene rings is 2. The number of aromatic nitrogens is 3. The van der Waals surface area contributed by atoms with Crippen molar-refractivity contribution < 1.29 is 14.8 Å². The molecule has 2 aromatic carbocycles. The van der Waals surface area contributed by atoms with Crippen LogP contribution < -0.4 is 0 Å². The van der Waals surface area contributed by atoms with E-state index in [1.807, 2.05) is 6.92 Å². The molecule has 0 amide bonds. The number of phenols is 1. The fraction of sp³-hybridized carbons (Fsp3) is 0.167. The third-order valence-electron chi connectivity index (χ3n) is 3.80. The third kappa shape index (κ3) is 4.32. The lowest BCUT2D eigenvalue weighted by molar-refractivity contribution is -0.384. The van der Waals surface area contributed by atoms with Gasteiger partial charge in [0, 0.05) is 17.7 Å². The average molecular weight is 384 g/mol. The molecule has 138 valence electrons. The van der Waals surface area contributed by atoms with Crippen molar-refractivity contribution in [1.82, 2.24) is 15.2 Å². The van der Waals surface area contributed by atoms with Crippen molar-refractivity contribution >= 4 is 23.2 Å². The van der Waals surface area contributed by atoms with E-state index in [4.69, 9.17) is 0 Å². The Bertz CT molecular complexity index is 1030. The number of Topliss-reactive ketones (excluding diaryl/α,β-unsaturated/α-hetero) is 1. The van der Waals surface area contributed by atoms with Gasteiger partial charge in [-0.05, 0) is 48.7 Å². The molecule has 0 aliphatic carbocycles. The maximum atomic E-state index is 11.4. The number of H-pyrrole nitrogens is 1. The van der Waals surface area contributed by atoms with Crippen LogP contribution in [0.1, 0.15) is 12.5 Å². The van der Waals surface area contributed by atoms with E-state index >= 15 is 0 Å². The second-order valence-corrected chi connectivity index (χ2v) is 6.96. The summed E-state index contributed by atoms with van der Waals surface area (Å²) in [6, 6.07) is 9.50. The Morgan fingerprint density at radius 2 is 1.96 bits per heavy atom. The topological polar surface area (TPSA) is 122 Å². The van der Waals surface area contributed by atoms with Gasteiger partial charge in [-0.2, -0.15) is 0 Å². The van der Waals surface area contributed by atoms with Crippen molar-refractivity contribution in [1.29, 1.82) is 0 Å². The Balaban J connectivity index is 2.04. The van der Waals surface area contributed by atoms with Crippen LogP contribution in [0.3, 0.4) is 0 Å². The molecule has 1 aromatic heterocycles. The first-order chi connectivity index (χ1) is 12.8. The molecule has 0 aliphatic heterocycles. The Hall–Kier alpha value is -3.20. The van der Waals surface area contributed by atoms with Crippen LogP contribution in [-0.2, 0) is 4.79 Å². The maximum Gasteiger partial charge on any atom is 0.270 e. The average Bonchev–Trinajstić information content (AvgIpc) is 3.08. The number of ketones is 1. The van der Waals surface area contributed by atoms with Gasteiger partial charge in [0.2, 0.25) is 0 Å². The lowest BCUT2D eigenvalue weighted by Crippen LogP contribution is -1.93. The van der Waals surface area contributed by atoms with E-state index in [0.717, 1.165) is 11.1 Å². The summed E-state index contributed by atoms with van der Waals surface area (Å²) in [5.41, 5.74) is 2.62. The van der Waals surface area contributed by atoms with E-state index in [1.54, 1.807) is 18.2 Å². The Labute approximate surface area is 158 Å². The zero-order valence-electron chi connectivity index (χ0n) is 14.6. The molecule has 0 saturated heterocycles. The van der Waals surface area contributed by atoms with E-state index in [-0.39, 0.29) is 23.0 Å². The van der Waals surface area contributed by atoms with E-state index in [1.165, 1.54) is 36.9 Å². The van der Waals surface area contributed by atoms with Crippen molar-refractivity contribution in [2.45, 2.75) is 19.0 Å². The number of nitrogens with zero attached hydrogens (tertiary/aromatic N) is 3. The summed E-state index contributed by atoms with van der Waals surface area (Å²) >= 11 is 1.22. The van der Waals surface area contributed by atoms with Crippen LogP contribution in [0.25, 0.3) is 22.5 Å². The zero-order chi connectivity index (χ0) is 19.6. The Morgan fingerprint density at radius 3 is 2.63 bits per heavy atom. The van der Waals surface area contributed by atoms with Gasteiger partial charge < -0.3 is 10.1 Å². The predicted molar refractivity (Wildman–Crippen MR) is 102 cm³/mol. The number of nitro benzene ring substituents is 1. The van der Waals surface area contributed by atoms with Gasteiger partial charge in [0.1, 0.15) is 11.5 Å². The summed E-state index contributed by atoms with van der Waals surface area (Å²) in [5, 5.41) is 29.4. The molecule has 0 saturated carbocycles. The predicted octanol–water partition coefficient (Wildman–Crippen LogP) is 3.74. The number of rotatable bonds is 6. The van der Waals surface area contributed by atoms with Crippen molar-refractivity contribution in [3.05, 3.63) is 52.1 Å². The molecule has 2 N–H and O–H groups in total. The van der Waals surface area contributed by atoms with E-state index in [9.17, 15) is 20.0 Å². The van der Waals surface area contributed by atoms with Crippen molar-refractivity contribution in [3.8, 4) is 28.3 Å². The van der Waals surface area contributed by atoms with Crippen LogP contribution in [0.2, 0.25) is 0 Å². The SMILES string of the molecule is CC(=O)CSc1nnc(-c2cc(-c3ccc(O)cc3C)cc([N+](=O)[O-])c2)[nH]1. The number of hydrogen-bond donors (Lipinski definition) is 2. The highest BCUT2D eigenvalue weighted by molar-refractivity contribution is 7.99. The van der Waals surface area contributed by atoms with Gasteiger partial charge in [-0.3, -0.25) is 14.9 Å². The first kappa shape index (κ1) is 18.6. The number of phenolic OH excluding ortho intramolecular Hbond substituents is 1. The van der Waals surface area contributed by atoms with Crippen LogP contribution in [0.5, 0.6) is 5.75 Å². The van der Waals surface area contributed by atoms with Crippen molar-refractivity contribution in [3.63, 3.8) is 0 Å². The molecular weight excluding hydrogens is 368 g/mol. The molecule has 27 heavy (non-hydrogen) atoms. The number of aryl methyl sites for hydroxylation is 1. The number of aromatic hydroxyl groups is 1. The molecule has 0 radical (unpaired) electrons. The minimum atomic E-state index is -0.468. The fourth-order valence-corrected chi connectivity index (χ4v) is 3.20. The van der Waals surface area contributed by atoms with E-state index in [0.29, 0.717) is 22.1 Å². The third-order valence-corrected chi connectivity index (χ3v) is 4.81. The molecule has 0 atom stereocenters. The molecule has 9 heteroatoms. The second kappa shape index (κ2) is 7.58.